The van der Waals surface area contributed by atoms with Crippen LogP contribution < -0.4 is 5.32 Å². The number of pyridine rings is 1. The minimum Gasteiger partial charge on any atom is -0.380 e. The minimum absolute atomic E-state index is 0.820. The molecule has 3 aromatic rings. The Bertz CT molecular complexity index is 584. The lowest BCUT2D eigenvalue weighted by molar-refractivity contribution is 0.847. The molecule has 0 spiro atoms. The zero-order chi connectivity index (χ0) is 12.2. The van der Waals surface area contributed by atoms with E-state index in [2.05, 4.69) is 32.2 Å². The summed E-state index contributed by atoms with van der Waals surface area (Å²) in [4.78, 5) is 4.36. The quantitative estimate of drug-likeness (QED) is 0.780. The predicted octanol–water partition coefficient (Wildman–Crippen LogP) is 2.94. The minimum atomic E-state index is 0.820. The Morgan fingerprint density at radius 1 is 1.28 bits per heavy atom. The van der Waals surface area contributed by atoms with Gasteiger partial charge >= 0.3 is 0 Å². The topological polar surface area (TPSA) is 42.7 Å². The van der Waals surface area contributed by atoms with E-state index in [9.17, 15) is 0 Å². The molecule has 0 aliphatic heterocycles. The van der Waals surface area contributed by atoms with Gasteiger partial charge in [-0.05, 0) is 40.6 Å². The van der Waals surface area contributed by atoms with E-state index >= 15 is 0 Å². The molecule has 3 rings (SSSR count). The van der Waals surface area contributed by atoms with Crippen LogP contribution in [-0.4, -0.2) is 14.8 Å². The van der Waals surface area contributed by atoms with Crippen molar-refractivity contribution in [3.05, 3.63) is 59.2 Å². The summed E-state index contributed by atoms with van der Waals surface area (Å²) < 4.78 is 1.74. The van der Waals surface area contributed by atoms with Gasteiger partial charge < -0.3 is 5.32 Å². The molecule has 18 heavy (non-hydrogen) atoms. The number of aromatic nitrogens is 3. The van der Waals surface area contributed by atoms with Crippen molar-refractivity contribution in [3.63, 3.8) is 0 Å². The van der Waals surface area contributed by atoms with E-state index < -0.39 is 0 Å². The first-order valence-electron chi connectivity index (χ1n) is 5.63. The van der Waals surface area contributed by atoms with E-state index in [-0.39, 0.29) is 0 Å². The summed E-state index contributed by atoms with van der Waals surface area (Å²) in [7, 11) is 0. The van der Waals surface area contributed by atoms with Gasteiger partial charge in [-0.3, -0.25) is 0 Å². The van der Waals surface area contributed by atoms with Crippen LogP contribution in [-0.2, 0) is 6.54 Å². The molecule has 3 aromatic heterocycles. The summed E-state index contributed by atoms with van der Waals surface area (Å²) in [6.45, 7) is 0.826. The van der Waals surface area contributed by atoms with Crippen LogP contribution in [0.15, 0.2) is 53.6 Å². The normalized spacial score (nSPS) is 10.4. The lowest BCUT2D eigenvalue weighted by Crippen LogP contribution is -2.01. The highest BCUT2D eigenvalue weighted by molar-refractivity contribution is 7.07. The molecule has 0 radical (unpaired) electrons. The largest absolute Gasteiger partial charge is 0.380 e. The molecule has 0 unspecified atom stereocenters. The average molecular weight is 256 g/mol. The van der Waals surface area contributed by atoms with E-state index in [1.165, 1.54) is 5.56 Å². The van der Waals surface area contributed by atoms with E-state index in [1.807, 2.05) is 30.6 Å². The second-order valence-corrected chi connectivity index (χ2v) is 4.62. The van der Waals surface area contributed by atoms with Crippen LogP contribution in [0, 0.1) is 0 Å². The third-order valence-corrected chi connectivity index (χ3v) is 3.30. The van der Waals surface area contributed by atoms with Gasteiger partial charge in [-0.1, -0.05) is 0 Å². The Balaban J connectivity index is 1.68. The maximum Gasteiger partial charge on any atom is 0.153 e. The van der Waals surface area contributed by atoms with Gasteiger partial charge in [0.25, 0.3) is 0 Å². The fourth-order valence-electron chi connectivity index (χ4n) is 1.63. The van der Waals surface area contributed by atoms with E-state index in [0.29, 0.717) is 0 Å². The summed E-state index contributed by atoms with van der Waals surface area (Å²) in [5.41, 5.74) is 2.30. The van der Waals surface area contributed by atoms with Crippen LogP contribution >= 0.6 is 11.3 Å². The summed E-state index contributed by atoms with van der Waals surface area (Å²) in [6.07, 6.45) is 5.44. The monoisotopic (exact) mass is 256 g/mol. The molecule has 1 N–H and O–H groups in total. The van der Waals surface area contributed by atoms with Gasteiger partial charge in [0.2, 0.25) is 0 Å². The Morgan fingerprint density at radius 2 is 2.28 bits per heavy atom. The number of rotatable bonds is 4. The number of nitrogens with one attached hydrogen (secondary N) is 1. The van der Waals surface area contributed by atoms with E-state index in [1.54, 1.807) is 22.2 Å². The van der Waals surface area contributed by atoms with Crippen molar-refractivity contribution in [1.82, 2.24) is 14.8 Å². The Hall–Kier alpha value is -2.14. The molecule has 0 bridgehead atoms. The van der Waals surface area contributed by atoms with Gasteiger partial charge in [-0.15, -0.1) is 0 Å². The summed E-state index contributed by atoms with van der Waals surface area (Å²) in [5.74, 6) is 0.820. The van der Waals surface area contributed by atoms with Crippen LogP contribution in [0.1, 0.15) is 5.56 Å². The molecular weight excluding hydrogens is 244 g/mol. The molecule has 0 aliphatic rings. The molecule has 0 saturated heterocycles. The molecule has 5 heteroatoms. The lowest BCUT2D eigenvalue weighted by atomic mass is 10.3. The number of nitrogens with zero attached hydrogens (tertiary/aromatic N) is 3. The number of hydrogen-bond donors (Lipinski definition) is 1. The third kappa shape index (κ3) is 2.41. The van der Waals surface area contributed by atoms with E-state index in [0.717, 1.165) is 18.1 Å². The molecule has 90 valence electrons. The molecule has 0 aliphatic carbocycles. The van der Waals surface area contributed by atoms with Crippen LogP contribution in [0.4, 0.5) is 5.69 Å². The van der Waals surface area contributed by atoms with Crippen molar-refractivity contribution in [3.8, 4) is 5.82 Å². The third-order valence-electron chi connectivity index (χ3n) is 2.56. The second-order valence-electron chi connectivity index (χ2n) is 3.84. The predicted molar refractivity (Wildman–Crippen MR) is 73.0 cm³/mol. The van der Waals surface area contributed by atoms with Gasteiger partial charge in [0.05, 0.1) is 11.9 Å². The second kappa shape index (κ2) is 5.01. The van der Waals surface area contributed by atoms with Crippen molar-refractivity contribution >= 4 is 17.0 Å². The highest BCUT2D eigenvalue weighted by Gasteiger charge is 1.98. The van der Waals surface area contributed by atoms with Crippen molar-refractivity contribution in [2.24, 2.45) is 0 Å². The molecule has 0 aromatic carbocycles. The molecule has 0 saturated carbocycles. The zero-order valence-electron chi connectivity index (χ0n) is 9.65. The summed E-state index contributed by atoms with van der Waals surface area (Å²) >= 11 is 1.71. The summed E-state index contributed by atoms with van der Waals surface area (Å²) in [6, 6.07) is 7.95. The van der Waals surface area contributed by atoms with Crippen LogP contribution in [0.5, 0.6) is 0 Å². The van der Waals surface area contributed by atoms with Crippen molar-refractivity contribution in [2.45, 2.75) is 6.54 Å². The van der Waals surface area contributed by atoms with Gasteiger partial charge in [-0.25, -0.2) is 9.67 Å². The maximum atomic E-state index is 4.36. The van der Waals surface area contributed by atoms with Gasteiger partial charge in [0, 0.05) is 18.9 Å². The Kier molecular flexibility index (Phi) is 3.06. The Morgan fingerprint density at radius 3 is 2.94 bits per heavy atom. The first-order chi connectivity index (χ1) is 8.92. The van der Waals surface area contributed by atoms with E-state index in [4.69, 9.17) is 0 Å². The number of hydrogen-bond acceptors (Lipinski definition) is 4. The van der Waals surface area contributed by atoms with Crippen molar-refractivity contribution < 1.29 is 0 Å². The molecule has 0 atom stereocenters. The maximum absolute atomic E-state index is 4.36. The van der Waals surface area contributed by atoms with Gasteiger partial charge in [-0.2, -0.15) is 16.4 Å². The molecule has 0 fully saturated rings. The average Bonchev–Trinajstić information content (AvgIpc) is 3.10. The number of anilines is 1. The standard InChI is InChI=1S/C13H12N4S/c1-5-16-17(6-1)13-3-2-12(9-15-13)14-8-11-4-7-18-10-11/h1-7,9-10,14H,8H2. The SMILES string of the molecule is c1cnn(-c2ccc(NCc3ccsc3)cn2)c1. The first-order valence-corrected chi connectivity index (χ1v) is 6.57. The van der Waals surface area contributed by atoms with Crippen LogP contribution in [0.3, 0.4) is 0 Å². The number of thiophene rings is 1. The lowest BCUT2D eigenvalue weighted by Gasteiger charge is -2.05. The van der Waals surface area contributed by atoms with Gasteiger partial charge in [0.1, 0.15) is 0 Å². The van der Waals surface area contributed by atoms with Crippen molar-refractivity contribution in [2.75, 3.05) is 5.32 Å². The molecule has 3 heterocycles. The van der Waals surface area contributed by atoms with Crippen LogP contribution in [0.25, 0.3) is 5.82 Å². The van der Waals surface area contributed by atoms with Crippen LogP contribution in [0.2, 0.25) is 0 Å². The van der Waals surface area contributed by atoms with Crippen molar-refractivity contribution in [1.29, 1.82) is 0 Å². The Labute approximate surface area is 109 Å². The van der Waals surface area contributed by atoms with Gasteiger partial charge in [0.15, 0.2) is 5.82 Å². The fourth-order valence-corrected chi connectivity index (χ4v) is 2.30. The smallest absolute Gasteiger partial charge is 0.153 e. The molecule has 4 nitrogen and oxygen atoms in total. The molecular formula is C13H12N4S. The fraction of sp³-hybridized carbons (Fsp3) is 0.0769. The molecule has 0 amide bonds. The summed E-state index contributed by atoms with van der Waals surface area (Å²) in [5, 5.41) is 11.7. The first kappa shape index (κ1) is 11.0. The zero-order valence-corrected chi connectivity index (χ0v) is 10.5. The highest BCUT2D eigenvalue weighted by Crippen LogP contribution is 2.12. The highest BCUT2D eigenvalue weighted by atomic mass is 32.1.